The zero-order valence-corrected chi connectivity index (χ0v) is 11.8. The molecule has 4 nitrogen and oxygen atoms in total. The minimum atomic E-state index is -0.0613. The van der Waals surface area contributed by atoms with Crippen LogP contribution in [0.3, 0.4) is 0 Å². The Balaban J connectivity index is 1.93. The van der Waals surface area contributed by atoms with Gasteiger partial charge in [0.1, 0.15) is 0 Å². The van der Waals surface area contributed by atoms with E-state index < -0.39 is 0 Å². The van der Waals surface area contributed by atoms with E-state index in [1.807, 2.05) is 13.0 Å². The van der Waals surface area contributed by atoms with Gasteiger partial charge in [-0.05, 0) is 31.9 Å². The van der Waals surface area contributed by atoms with Crippen molar-refractivity contribution in [2.24, 2.45) is 5.73 Å². The second-order valence-electron chi connectivity index (χ2n) is 4.48. The van der Waals surface area contributed by atoms with Gasteiger partial charge in [0.25, 0.3) is 5.91 Å². The number of carbonyl (C=O) groups excluding carboxylic acids is 1. The van der Waals surface area contributed by atoms with Crippen LogP contribution in [0.2, 0.25) is 0 Å². The van der Waals surface area contributed by atoms with E-state index in [9.17, 15) is 4.79 Å². The van der Waals surface area contributed by atoms with Gasteiger partial charge in [0.05, 0.1) is 28.4 Å². The van der Waals surface area contributed by atoms with E-state index in [4.69, 9.17) is 10.5 Å². The molecular weight excluding hydrogens is 260 g/mol. The number of amides is 1. The van der Waals surface area contributed by atoms with Gasteiger partial charge in [-0.2, -0.15) is 0 Å². The van der Waals surface area contributed by atoms with Crippen LogP contribution in [-0.2, 0) is 4.74 Å². The average molecular weight is 278 g/mol. The fourth-order valence-corrected chi connectivity index (χ4v) is 2.82. The van der Waals surface area contributed by atoms with E-state index in [1.54, 1.807) is 6.07 Å². The van der Waals surface area contributed by atoms with Crippen LogP contribution in [0.15, 0.2) is 12.1 Å². The molecular formula is C14H18N2O2S. The van der Waals surface area contributed by atoms with Crippen molar-refractivity contribution in [3.8, 4) is 11.8 Å². The van der Waals surface area contributed by atoms with Crippen LogP contribution in [0.4, 0.5) is 0 Å². The quantitative estimate of drug-likeness (QED) is 0.820. The van der Waals surface area contributed by atoms with Crippen LogP contribution in [-0.4, -0.2) is 31.2 Å². The molecule has 19 heavy (non-hydrogen) atoms. The Morgan fingerprint density at radius 3 is 3.21 bits per heavy atom. The smallest absolute Gasteiger partial charge is 0.261 e. The maximum absolute atomic E-state index is 12.1. The number of hydrogen-bond acceptors (Lipinski definition) is 4. The lowest BCUT2D eigenvalue weighted by atomic mass is 10.1. The van der Waals surface area contributed by atoms with Crippen LogP contribution in [0, 0.1) is 11.8 Å². The van der Waals surface area contributed by atoms with E-state index >= 15 is 0 Å². The largest absolute Gasteiger partial charge is 0.376 e. The molecule has 2 atom stereocenters. The maximum atomic E-state index is 12.1. The third kappa shape index (κ3) is 3.80. The molecule has 1 aromatic heterocycles. The summed E-state index contributed by atoms with van der Waals surface area (Å²) < 4.78 is 5.56. The summed E-state index contributed by atoms with van der Waals surface area (Å²) in [5.74, 6) is 5.64. The molecule has 1 aromatic rings. The third-order valence-corrected chi connectivity index (χ3v) is 4.02. The highest BCUT2D eigenvalue weighted by Crippen LogP contribution is 2.18. The second-order valence-corrected chi connectivity index (χ2v) is 5.57. The standard InChI is InChI=1S/C14H18N2O2S/c1-10(12-5-3-9-18-12)16-14(17)13-7-6-11(19-13)4-2-8-15/h6-7,10,12H,3,5,8-9,15H2,1H3,(H,16,17). The van der Waals surface area contributed by atoms with Crippen LogP contribution >= 0.6 is 11.3 Å². The van der Waals surface area contributed by atoms with Crippen molar-refractivity contribution in [1.29, 1.82) is 0 Å². The molecule has 0 radical (unpaired) electrons. The fourth-order valence-electron chi connectivity index (χ4n) is 2.03. The molecule has 1 saturated heterocycles. The zero-order valence-electron chi connectivity index (χ0n) is 10.9. The first-order valence-electron chi connectivity index (χ1n) is 6.42. The molecule has 0 spiro atoms. The van der Waals surface area contributed by atoms with Crippen molar-refractivity contribution >= 4 is 17.2 Å². The van der Waals surface area contributed by atoms with E-state index in [0.29, 0.717) is 11.4 Å². The average Bonchev–Trinajstić information content (AvgIpc) is 3.07. The number of nitrogens with two attached hydrogens (primary N) is 1. The first-order chi connectivity index (χ1) is 9.20. The van der Waals surface area contributed by atoms with Gasteiger partial charge < -0.3 is 15.8 Å². The number of nitrogens with one attached hydrogen (secondary N) is 1. The van der Waals surface area contributed by atoms with E-state index in [1.165, 1.54) is 11.3 Å². The van der Waals surface area contributed by atoms with Gasteiger partial charge in [0.2, 0.25) is 0 Å². The summed E-state index contributed by atoms with van der Waals surface area (Å²) in [6.07, 6.45) is 2.22. The Morgan fingerprint density at radius 1 is 1.68 bits per heavy atom. The summed E-state index contributed by atoms with van der Waals surface area (Å²) in [6, 6.07) is 3.68. The van der Waals surface area contributed by atoms with Crippen LogP contribution in [0.25, 0.3) is 0 Å². The molecule has 5 heteroatoms. The molecule has 0 aromatic carbocycles. The Kier molecular flexibility index (Phi) is 4.97. The summed E-state index contributed by atoms with van der Waals surface area (Å²) in [4.78, 5) is 13.6. The summed E-state index contributed by atoms with van der Waals surface area (Å²) in [6.45, 7) is 3.11. The highest BCUT2D eigenvalue weighted by Gasteiger charge is 2.24. The normalized spacial score (nSPS) is 19.6. The second kappa shape index (κ2) is 6.71. The van der Waals surface area contributed by atoms with Gasteiger partial charge in [-0.3, -0.25) is 4.79 Å². The molecule has 1 fully saturated rings. The fraction of sp³-hybridized carbons (Fsp3) is 0.500. The van der Waals surface area contributed by atoms with Crippen molar-refractivity contribution in [3.63, 3.8) is 0 Å². The van der Waals surface area contributed by atoms with Crippen molar-refractivity contribution in [1.82, 2.24) is 5.32 Å². The number of carbonyl (C=O) groups is 1. The van der Waals surface area contributed by atoms with E-state index in [-0.39, 0.29) is 18.1 Å². The first-order valence-corrected chi connectivity index (χ1v) is 7.23. The molecule has 1 amide bonds. The lowest BCUT2D eigenvalue weighted by Gasteiger charge is -2.19. The third-order valence-electron chi connectivity index (χ3n) is 3.02. The Bertz CT molecular complexity index is 495. The summed E-state index contributed by atoms with van der Waals surface area (Å²) >= 11 is 1.38. The van der Waals surface area contributed by atoms with E-state index in [0.717, 1.165) is 24.3 Å². The predicted molar refractivity (Wildman–Crippen MR) is 76.2 cm³/mol. The Labute approximate surface area is 117 Å². The number of thiophene rings is 1. The molecule has 2 heterocycles. The summed E-state index contributed by atoms with van der Waals surface area (Å²) in [5.41, 5.74) is 5.32. The Morgan fingerprint density at radius 2 is 2.53 bits per heavy atom. The maximum Gasteiger partial charge on any atom is 0.261 e. The van der Waals surface area contributed by atoms with Crippen molar-refractivity contribution < 1.29 is 9.53 Å². The summed E-state index contributed by atoms with van der Waals surface area (Å²) in [5, 5.41) is 2.98. The molecule has 102 valence electrons. The SMILES string of the molecule is CC(NC(=O)c1ccc(C#CCN)s1)C1CCCO1. The number of ether oxygens (including phenoxy) is 1. The lowest BCUT2D eigenvalue weighted by molar-refractivity contribution is 0.0714. The van der Waals surface area contributed by atoms with Gasteiger partial charge >= 0.3 is 0 Å². The lowest BCUT2D eigenvalue weighted by Crippen LogP contribution is -2.40. The van der Waals surface area contributed by atoms with E-state index in [2.05, 4.69) is 17.2 Å². The molecule has 1 aliphatic heterocycles. The number of hydrogen-bond donors (Lipinski definition) is 2. The molecule has 2 unspecified atom stereocenters. The molecule has 3 N–H and O–H groups in total. The summed E-state index contributed by atoms with van der Waals surface area (Å²) in [7, 11) is 0. The number of rotatable bonds is 3. The zero-order chi connectivity index (χ0) is 13.7. The topological polar surface area (TPSA) is 64.4 Å². The Hall–Kier alpha value is -1.35. The van der Waals surface area contributed by atoms with Gasteiger partial charge in [-0.1, -0.05) is 11.8 Å². The molecule has 0 bridgehead atoms. The highest BCUT2D eigenvalue weighted by molar-refractivity contribution is 7.14. The molecule has 2 rings (SSSR count). The van der Waals surface area contributed by atoms with Crippen molar-refractivity contribution in [2.75, 3.05) is 13.2 Å². The minimum absolute atomic E-state index is 0.0377. The molecule has 0 saturated carbocycles. The van der Waals surface area contributed by atoms with Gasteiger partial charge in [0, 0.05) is 6.61 Å². The molecule has 0 aliphatic carbocycles. The monoisotopic (exact) mass is 278 g/mol. The molecule has 1 aliphatic rings. The van der Waals surface area contributed by atoms with Crippen molar-refractivity contribution in [3.05, 3.63) is 21.9 Å². The van der Waals surface area contributed by atoms with Crippen molar-refractivity contribution in [2.45, 2.75) is 31.9 Å². The highest BCUT2D eigenvalue weighted by atomic mass is 32.1. The van der Waals surface area contributed by atoms with Gasteiger partial charge in [0.15, 0.2) is 0 Å². The first kappa shape index (κ1) is 14.1. The van der Waals surface area contributed by atoms with Crippen LogP contribution in [0.5, 0.6) is 0 Å². The predicted octanol–water partition coefficient (Wildman–Crippen LogP) is 1.36. The van der Waals surface area contributed by atoms with Gasteiger partial charge in [-0.15, -0.1) is 11.3 Å². The minimum Gasteiger partial charge on any atom is -0.376 e. The van der Waals surface area contributed by atoms with Crippen LogP contribution in [0.1, 0.15) is 34.3 Å². The van der Waals surface area contributed by atoms with Crippen LogP contribution < -0.4 is 11.1 Å². The van der Waals surface area contributed by atoms with Gasteiger partial charge in [-0.25, -0.2) is 0 Å².